The predicted molar refractivity (Wildman–Crippen MR) is 70.9 cm³/mol. The van der Waals surface area contributed by atoms with Crippen LogP contribution in [0.1, 0.15) is 5.56 Å². The largest absolute Gasteiger partial charge is 0.493 e. The second-order valence-electron chi connectivity index (χ2n) is 4.10. The molecule has 0 aliphatic rings. The summed E-state index contributed by atoms with van der Waals surface area (Å²) in [6, 6.07) is 8.79. The summed E-state index contributed by atoms with van der Waals surface area (Å²) >= 11 is 0. The number of nitro benzene ring substituents is 1. The molecule has 104 valence electrons. The Labute approximate surface area is 114 Å². The molecule has 5 nitrogen and oxygen atoms in total. The number of hydrogen-bond acceptors (Lipinski definition) is 4. The number of hydrogen-bond donors (Lipinski definition) is 0. The Morgan fingerprint density at radius 3 is 2.55 bits per heavy atom. The van der Waals surface area contributed by atoms with Crippen molar-refractivity contribution in [3.63, 3.8) is 0 Å². The van der Waals surface area contributed by atoms with E-state index in [4.69, 9.17) is 9.47 Å². The summed E-state index contributed by atoms with van der Waals surface area (Å²) in [5.41, 5.74) is 0.248. The summed E-state index contributed by atoms with van der Waals surface area (Å²) in [6.07, 6.45) is 0. The van der Waals surface area contributed by atoms with E-state index in [0.29, 0.717) is 5.75 Å². The maximum atomic E-state index is 13.5. The minimum Gasteiger partial charge on any atom is -0.493 e. The van der Waals surface area contributed by atoms with E-state index in [9.17, 15) is 14.5 Å². The maximum Gasteiger partial charge on any atom is 0.346 e. The van der Waals surface area contributed by atoms with E-state index >= 15 is 0 Å². The molecule has 0 atom stereocenters. The number of methoxy groups -OCH3 is 1. The molecule has 0 heterocycles. The summed E-state index contributed by atoms with van der Waals surface area (Å²) in [5, 5.41) is 10.9. The van der Waals surface area contributed by atoms with Gasteiger partial charge in [-0.1, -0.05) is 12.1 Å². The number of nitro groups is 1. The van der Waals surface area contributed by atoms with Gasteiger partial charge >= 0.3 is 5.69 Å². The molecule has 0 spiro atoms. The van der Waals surface area contributed by atoms with Gasteiger partial charge in [0.2, 0.25) is 11.6 Å². The summed E-state index contributed by atoms with van der Waals surface area (Å²) in [5.74, 6) is -0.411. The number of halogens is 1. The molecule has 0 aliphatic carbocycles. The number of aryl methyl sites for hydroxylation is 1. The smallest absolute Gasteiger partial charge is 0.346 e. The van der Waals surface area contributed by atoms with Gasteiger partial charge in [-0.25, -0.2) is 0 Å². The van der Waals surface area contributed by atoms with Crippen LogP contribution < -0.4 is 9.47 Å². The quantitative estimate of drug-likeness (QED) is 0.629. The van der Waals surface area contributed by atoms with Gasteiger partial charge < -0.3 is 9.47 Å². The zero-order chi connectivity index (χ0) is 14.7. The molecular weight excluding hydrogens is 265 g/mol. The lowest BCUT2D eigenvalue weighted by atomic mass is 10.2. The van der Waals surface area contributed by atoms with Gasteiger partial charge in [0.05, 0.1) is 12.0 Å². The highest BCUT2D eigenvalue weighted by molar-refractivity contribution is 5.52. The third-order valence-electron chi connectivity index (χ3n) is 2.67. The van der Waals surface area contributed by atoms with Crippen molar-refractivity contribution in [3.8, 4) is 17.2 Å². The van der Waals surface area contributed by atoms with Gasteiger partial charge in [0.1, 0.15) is 0 Å². The molecule has 0 fully saturated rings. The van der Waals surface area contributed by atoms with Gasteiger partial charge in [0.15, 0.2) is 11.5 Å². The van der Waals surface area contributed by atoms with Gasteiger partial charge in [-0.05, 0) is 36.8 Å². The molecule has 2 aromatic rings. The van der Waals surface area contributed by atoms with E-state index in [0.717, 1.165) is 11.6 Å². The van der Waals surface area contributed by atoms with Gasteiger partial charge in [0.25, 0.3) is 0 Å². The lowest BCUT2D eigenvalue weighted by Gasteiger charge is -2.11. The van der Waals surface area contributed by atoms with Crippen molar-refractivity contribution in [2.24, 2.45) is 0 Å². The van der Waals surface area contributed by atoms with E-state index in [2.05, 4.69) is 0 Å². The molecular formula is C14H12FNO4. The Balaban J connectivity index is 2.45. The number of nitrogens with zero attached hydrogens (tertiary/aromatic N) is 1. The van der Waals surface area contributed by atoms with Crippen LogP contribution >= 0.6 is 0 Å². The fraction of sp³-hybridized carbons (Fsp3) is 0.143. The summed E-state index contributed by atoms with van der Waals surface area (Å²) in [7, 11) is 1.46. The lowest BCUT2D eigenvalue weighted by molar-refractivity contribution is -0.388. The Hall–Kier alpha value is -2.63. The second kappa shape index (κ2) is 5.56. The SMILES string of the molecule is COc1cc(C)ccc1Oc1cccc(F)c1[N+](=O)[O-]. The molecule has 0 bridgehead atoms. The van der Waals surface area contributed by atoms with Crippen molar-refractivity contribution in [1.82, 2.24) is 0 Å². The third kappa shape index (κ3) is 2.69. The van der Waals surface area contributed by atoms with Crippen LogP contribution in [0, 0.1) is 22.9 Å². The monoisotopic (exact) mass is 277 g/mol. The fourth-order valence-electron chi connectivity index (χ4n) is 1.73. The minimum atomic E-state index is -0.946. The average molecular weight is 277 g/mol. The first-order chi connectivity index (χ1) is 9.52. The van der Waals surface area contributed by atoms with Gasteiger partial charge in [0, 0.05) is 0 Å². The highest BCUT2D eigenvalue weighted by Gasteiger charge is 2.22. The Morgan fingerprint density at radius 1 is 1.15 bits per heavy atom. The average Bonchev–Trinajstić information content (AvgIpc) is 2.40. The number of rotatable bonds is 4. The van der Waals surface area contributed by atoms with Crippen molar-refractivity contribution in [3.05, 3.63) is 57.9 Å². The molecule has 20 heavy (non-hydrogen) atoms. The first-order valence-electron chi connectivity index (χ1n) is 5.78. The van der Waals surface area contributed by atoms with Crippen molar-refractivity contribution in [1.29, 1.82) is 0 Å². The minimum absolute atomic E-state index is 0.169. The van der Waals surface area contributed by atoms with Crippen LogP contribution in [0.25, 0.3) is 0 Å². The molecule has 0 amide bonds. The predicted octanol–water partition coefficient (Wildman–Crippen LogP) is 3.84. The normalized spacial score (nSPS) is 10.2. The molecule has 0 aliphatic heterocycles. The molecule has 0 unspecified atom stereocenters. The summed E-state index contributed by atoms with van der Waals surface area (Å²) in [4.78, 5) is 10.1. The molecule has 0 radical (unpaired) electrons. The first-order valence-corrected chi connectivity index (χ1v) is 5.78. The third-order valence-corrected chi connectivity index (χ3v) is 2.67. The highest BCUT2D eigenvalue weighted by Crippen LogP contribution is 2.37. The van der Waals surface area contributed by atoms with Crippen molar-refractivity contribution in [2.75, 3.05) is 7.11 Å². The van der Waals surface area contributed by atoms with E-state index in [-0.39, 0.29) is 11.5 Å². The van der Waals surface area contributed by atoms with E-state index in [1.807, 2.05) is 6.92 Å². The number of benzene rings is 2. The Bertz CT molecular complexity index is 658. The fourth-order valence-corrected chi connectivity index (χ4v) is 1.73. The van der Waals surface area contributed by atoms with Crippen molar-refractivity contribution < 1.29 is 18.8 Å². The second-order valence-corrected chi connectivity index (χ2v) is 4.10. The van der Waals surface area contributed by atoms with Crippen LogP contribution in [0.4, 0.5) is 10.1 Å². The first kappa shape index (κ1) is 13.8. The van der Waals surface area contributed by atoms with Crippen molar-refractivity contribution in [2.45, 2.75) is 6.92 Å². The van der Waals surface area contributed by atoms with E-state index in [1.54, 1.807) is 18.2 Å². The van der Waals surface area contributed by atoms with Crippen LogP contribution in [-0.4, -0.2) is 12.0 Å². The van der Waals surface area contributed by atoms with E-state index in [1.165, 1.54) is 19.2 Å². The van der Waals surface area contributed by atoms with Crippen LogP contribution in [0.2, 0.25) is 0 Å². The zero-order valence-electron chi connectivity index (χ0n) is 10.9. The molecule has 0 N–H and O–H groups in total. The van der Waals surface area contributed by atoms with E-state index < -0.39 is 16.4 Å². The van der Waals surface area contributed by atoms with Gasteiger partial charge in [-0.2, -0.15) is 4.39 Å². The molecule has 0 saturated carbocycles. The lowest BCUT2D eigenvalue weighted by Crippen LogP contribution is -1.97. The Kier molecular flexibility index (Phi) is 3.84. The van der Waals surface area contributed by atoms with Crippen LogP contribution in [0.5, 0.6) is 17.2 Å². The van der Waals surface area contributed by atoms with Crippen LogP contribution in [-0.2, 0) is 0 Å². The maximum absolute atomic E-state index is 13.5. The number of para-hydroxylation sites is 1. The summed E-state index contributed by atoms with van der Waals surface area (Å²) in [6.45, 7) is 1.87. The van der Waals surface area contributed by atoms with Gasteiger partial charge in [-0.3, -0.25) is 10.1 Å². The molecule has 6 heteroatoms. The van der Waals surface area contributed by atoms with Crippen LogP contribution in [0.15, 0.2) is 36.4 Å². The number of ether oxygens (including phenoxy) is 2. The highest BCUT2D eigenvalue weighted by atomic mass is 19.1. The molecule has 2 rings (SSSR count). The van der Waals surface area contributed by atoms with Gasteiger partial charge in [-0.15, -0.1) is 0 Å². The van der Waals surface area contributed by atoms with Crippen LogP contribution in [0.3, 0.4) is 0 Å². The molecule has 0 saturated heterocycles. The zero-order valence-corrected chi connectivity index (χ0v) is 10.9. The topological polar surface area (TPSA) is 61.6 Å². The summed E-state index contributed by atoms with van der Waals surface area (Å²) < 4.78 is 24.1. The standard InChI is InChI=1S/C14H12FNO4/c1-9-6-7-11(13(8-9)19-2)20-12-5-3-4-10(15)14(12)16(17)18/h3-8H,1-2H3. The molecule has 2 aromatic carbocycles. The Morgan fingerprint density at radius 2 is 1.90 bits per heavy atom. The molecule has 0 aromatic heterocycles. The van der Waals surface area contributed by atoms with Crippen molar-refractivity contribution >= 4 is 5.69 Å².